The molecule has 2 heterocycles. The Kier molecular flexibility index (Phi) is 4.31. The SMILES string of the molecule is [2H]c1c([2H])c([2H])c(-c2c([2H])c([2H])c(-c3cc(-c4ccc(-c5ccc6c(c5)n(C)c(=O)n6C)cc4)nc(-c4ccccc4)n3)c([2H])c2[2H])c([2H])c1[2H]. The van der Waals surface area contributed by atoms with E-state index in [1.165, 1.54) is 0 Å². The van der Waals surface area contributed by atoms with Crippen molar-refractivity contribution in [2.75, 3.05) is 0 Å². The van der Waals surface area contributed by atoms with Crippen molar-refractivity contribution in [3.8, 4) is 56.2 Å². The zero-order valence-electron chi connectivity index (χ0n) is 31.7. The average molecular weight is 554 g/mol. The molecule has 0 saturated carbocycles. The first-order valence-electron chi connectivity index (χ1n) is 17.7. The quantitative estimate of drug-likeness (QED) is 0.217. The van der Waals surface area contributed by atoms with E-state index in [4.69, 9.17) is 17.3 Å². The predicted molar refractivity (Wildman–Crippen MR) is 171 cm³/mol. The highest BCUT2D eigenvalue weighted by atomic mass is 16.1. The fraction of sp³-hybridized carbons (Fsp3) is 0.0541. The van der Waals surface area contributed by atoms with E-state index < -0.39 is 65.5 Å². The number of aryl methyl sites for hydroxylation is 2. The molecule has 0 atom stereocenters. The van der Waals surface area contributed by atoms with Gasteiger partial charge in [-0.2, -0.15) is 0 Å². The van der Waals surface area contributed by atoms with Gasteiger partial charge in [0, 0.05) is 30.8 Å². The van der Waals surface area contributed by atoms with E-state index >= 15 is 0 Å². The molecule has 0 aliphatic rings. The molecule has 0 aliphatic heterocycles. The number of hydrogen-bond acceptors (Lipinski definition) is 3. The molecule has 7 aromatic rings. The molecule has 0 saturated heterocycles. The van der Waals surface area contributed by atoms with E-state index in [9.17, 15) is 4.79 Å². The summed E-state index contributed by atoms with van der Waals surface area (Å²) in [7, 11) is 3.46. The van der Waals surface area contributed by atoms with E-state index in [1.54, 1.807) is 29.3 Å². The van der Waals surface area contributed by atoms with Crippen LogP contribution >= 0.6 is 0 Å². The van der Waals surface area contributed by atoms with Gasteiger partial charge in [-0.3, -0.25) is 9.13 Å². The minimum atomic E-state index is -0.642. The van der Waals surface area contributed by atoms with Crippen LogP contribution in [0.15, 0.2) is 138 Å². The highest BCUT2D eigenvalue weighted by molar-refractivity contribution is 5.83. The van der Waals surface area contributed by atoms with Crippen LogP contribution in [0.1, 0.15) is 12.3 Å². The molecule has 7 rings (SSSR count). The Bertz CT molecular complexity index is 2560. The van der Waals surface area contributed by atoms with Crippen molar-refractivity contribution in [3.63, 3.8) is 0 Å². The number of aromatic nitrogens is 4. The Labute approximate surface area is 256 Å². The van der Waals surface area contributed by atoms with Crippen LogP contribution in [0.2, 0.25) is 0 Å². The Hall–Kier alpha value is -5.55. The van der Waals surface area contributed by atoms with Gasteiger partial charge in [0.15, 0.2) is 5.82 Å². The van der Waals surface area contributed by atoms with Crippen LogP contribution in [0.5, 0.6) is 0 Å². The lowest BCUT2D eigenvalue weighted by Crippen LogP contribution is -2.19. The summed E-state index contributed by atoms with van der Waals surface area (Å²) < 4.78 is 79.8. The lowest BCUT2D eigenvalue weighted by Gasteiger charge is -2.11. The molecule has 42 heavy (non-hydrogen) atoms. The molecular formula is C37H28N4O. The first kappa shape index (κ1) is 17.3. The summed E-state index contributed by atoms with van der Waals surface area (Å²) in [6, 6.07) is 18.9. The number of imidazole rings is 1. The van der Waals surface area contributed by atoms with E-state index in [0.717, 1.165) is 22.2 Å². The van der Waals surface area contributed by atoms with Gasteiger partial charge in [0.2, 0.25) is 0 Å². The van der Waals surface area contributed by atoms with Crippen LogP contribution in [0.3, 0.4) is 0 Å². The lowest BCUT2D eigenvalue weighted by molar-refractivity contribution is 0.795. The molecule has 0 amide bonds. The smallest absolute Gasteiger partial charge is 0.295 e. The molecule has 0 spiro atoms. The van der Waals surface area contributed by atoms with Crippen LogP contribution in [-0.2, 0) is 14.1 Å². The van der Waals surface area contributed by atoms with Gasteiger partial charge in [0.05, 0.1) is 34.8 Å². The van der Waals surface area contributed by atoms with Crippen LogP contribution in [0.4, 0.5) is 0 Å². The Balaban J connectivity index is 1.38. The molecule has 0 N–H and O–H groups in total. The molecule has 0 fully saturated rings. The fourth-order valence-corrected chi connectivity index (χ4v) is 4.90. The average Bonchev–Trinajstić information content (AvgIpc) is 3.37. The minimum absolute atomic E-state index is 0.114. The number of rotatable bonds is 5. The van der Waals surface area contributed by atoms with Gasteiger partial charge in [-0.25, -0.2) is 14.8 Å². The van der Waals surface area contributed by atoms with E-state index in [0.29, 0.717) is 16.8 Å². The maximum Gasteiger partial charge on any atom is 0.328 e. The van der Waals surface area contributed by atoms with Gasteiger partial charge in [0.1, 0.15) is 0 Å². The molecule has 0 radical (unpaired) electrons. The van der Waals surface area contributed by atoms with Crippen LogP contribution in [-0.4, -0.2) is 19.1 Å². The Morgan fingerprint density at radius 1 is 0.524 bits per heavy atom. The van der Waals surface area contributed by atoms with Crippen molar-refractivity contribution in [1.82, 2.24) is 19.1 Å². The first-order valence-corrected chi connectivity index (χ1v) is 13.2. The number of benzene rings is 5. The normalized spacial score (nSPS) is 14.2. The van der Waals surface area contributed by atoms with Crippen molar-refractivity contribution in [2.45, 2.75) is 0 Å². The van der Waals surface area contributed by atoms with Crippen molar-refractivity contribution in [1.29, 1.82) is 0 Å². The van der Waals surface area contributed by atoms with E-state index in [-0.39, 0.29) is 22.8 Å². The van der Waals surface area contributed by atoms with Crippen molar-refractivity contribution in [3.05, 3.63) is 144 Å². The zero-order chi connectivity index (χ0) is 36.5. The van der Waals surface area contributed by atoms with Gasteiger partial charge in [-0.15, -0.1) is 0 Å². The largest absolute Gasteiger partial charge is 0.328 e. The van der Waals surface area contributed by atoms with Gasteiger partial charge < -0.3 is 0 Å². The second kappa shape index (κ2) is 10.5. The summed E-state index contributed by atoms with van der Waals surface area (Å²) in [6.07, 6.45) is 0. The molecule has 0 aliphatic carbocycles. The topological polar surface area (TPSA) is 52.7 Å². The molecule has 5 heteroatoms. The van der Waals surface area contributed by atoms with Crippen molar-refractivity contribution < 1.29 is 12.3 Å². The maximum atomic E-state index is 12.5. The molecule has 202 valence electrons. The molecular weight excluding hydrogens is 516 g/mol. The van der Waals surface area contributed by atoms with E-state index in [2.05, 4.69) is 4.98 Å². The maximum absolute atomic E-state index is 12.5. The highest BCUT2D eigenvalue weighted by Crippen LogP contribution is 2.31. The molecule has 5 nitrogen and oxygen atoms in total. The van der Waals surface area contributed by atoms with Crippen molar-refractivity contribution in [2.24, 2.45) is 14.1 Å². The van der Waals surface area contributed by atoms with Gasteiger partial charge in [-0.1, -0.05) is 115 Å². The van der Waals surface area contributed by atoms with Gasteiger partial charge >= 0.3 is 5.69 Å². The third-order valence-corrected chi connectivity index (χ3v) is 7.18. The third-order valence-electron chi connectivity index (χ3n) is 7.18. The second-order valence-electron chi connectivity index (χ2n) is 9.76. The summed E-state index contributed by atoms with van der Waals surface area (Å²) in [5.41, 5.74) is 4.31. The minimum Gasteiger partial charge on any atom is -0.295 e. The fourth-order valence-electron chi connectivity index (χ4n) is 4.90. The summed E-state index contributed by atoms with van der Waals surface area (Å²) in [6.45, 7) is 0. The summed E-state index contributed by atoms with van der Waals surface area (Å²) in [4.78, 5) is 22.0. The number of fused-ring (bicyclic) bond motifs is 1. The number of nitrogens with zero attached hydrogens (tertiary/aromatic N) is 4. The summed E-state index contributed by atoms with van der Waals surface area (Å²) in [5.74, 6) is 0.286. The molecule has 0 unspecified atom stereocenters. The standard InChI is InChI=1S/C37H28N4O/c1-40-34-22-21-31(23-35(34)41(2)37(40)42)27-15-19-29(20-16-27)33-24-32(38-36(39-33)30-11-7-4-8-12-30)28-17-13-26(14-18-28)25-9-5-3-6-10-25/h3-24H,1-2H3/i3D,5D,6D,9D,10D,13D,14D,17D,18D. The molecule has 0 bridgehead atoms. The Morgan fingerprint density at radius 3 is 1.81 bits per heavy atom. The van der Waals surface area contributed by atoms with Crippen LogP contribution < -0.4 is 5.69 Å². The van der Waals surface area contributed by atoms with Crippen LogP contribution in [0.25, 0.3) is 67.2 Å². The monoisotopic (exact) mass is 553 g/mol. The summed E-state index contributed by atoms with van der Waals surface area (Å²) in [5, 5.41) is 0. The van der Waals surface area contributed by atoms with Gasteiger partial charge in [0.25, 0.3) is 0 Å². The number of hydrogen-bond donors (Lipinski definition) is 0. The predicted octanol–water partition coefficient (Wildman–Crippen LogP) is 8.00. The molecule has 2 aromatic heterocycles. The lowest BCUT2D eigenvalue weighted by atomic mass is 10.00. The Morgan fingerprint density at radius 2 is 1.10 bits per heavy atom. The summed E-state index contributed by atoms with van der Waals surface area (Å²) >= 11 is 0. The third kappa shape index (κ3) is 4.61. The van der Waals surface area contributed by atoms with E-state index in [1.807, 2.05) is 72.8 Å². The highest BCUT2D eigenvalue weighted by Gasteiger charge is 2.13. The second-order valence-corrected chi connectivity index (χ2v) is 9.76. The van der Waals surface area contributed by atoms with Gasteiger partial charge in [-0.05, 0) is 40.5 Å². The van der Waals surface area contributed by atoms with Crippen LogP contribution in [0, 0.1) is 0 Å². The first-order chi connectivity index (χ1) is 24.3. The molecule has 5 aromatic carbocycles. The van der Waals surface area contributed by atoms with Crippen molar-refractivity contribution >= 4 is 11.0 Å². The zero-order valence-corrected chi connectivity index (χ0v) is 22.7.